The van der Waals surface area contributed by atoms with Gasteiger partial charge in [0.2, 0.25) is 0 Å². The van der Waals surface area contributed by atoms with Gasteiger partial charge in [-0.05, 0) is 48.0 Å². The van der Waals surface area contributed by atoms with Crippen molar-refractivity contribution in [3.63, 3.8) is 0 Å². The summed E-state index contributed by atoms with van der Waals surface area (Å²) in [7, 11) is 1.95. The van der Waals surface area contributed by atoms with Crippen molar-refractivity contribution in [2.24, 2.45) is 5.41 Å². The summed E-state index contributed by atoms with van der Waals surface area (Å²) in [6.45, 7) is 1.73. The van der Waals surface area contributed by atoms with Crippen molar-refractivity contribution in [1.82, 2.24) is 10.6 Å². The van der Waals surface area contributed by atoms with Crippen LogP contribution in [0.1, 0.15) is 23.2 Å². The van der Waals surface area contributed by atoms with Crippen molar-refractivity contribution < 1.29 is 4.79 Å². The van der Waals surface area contributed by atoms with Crippen LogP contribution in [0.5, 0.6) is 0 Å². The molecule has 0 spiro atoms. The van der Waals surface area contributed by atoms with Crippen molar-refractivity contribution in [2.45, 2.75) is 12.8 Å². The number of halogens is 1. The number of amides is 1. The van der Waals surface area contributed by atoms with E-state index in [0.29, 0.717) is 11.0 Å². The summed E-state index contributed by atoms with van der Waals surface area (Å²) in [5, 5.41) is 6.20. The highest BCUT2D eigenvalue weighted by Gasteiger charge is 2.41. The van der Waals surface area contributed by atoms with Gasteiger partial charge in [-0.3, -0.25) is 4.79 Å². The van der Waals surface area contributed by atoms with E-state index >= 15 is 0 Å². The smallest absolute Gasteiger partial charge is 0.252 e. The van der Waals surface area contributed by atoms with Crippen LogP contribution in [0.15, 0.2) is 28.7 Å². The summed E-state index contributed by atoms with van der Waals surface area (Å²) in [4.78, 5) is 12.0. The molecule has 0 saturated heterocycles. The van der Waals surface area contributed by atoms with Crippen LogP contribution in [0, 0.1) is 5.41 Å². The van der Waals surface area contributed by atoms with Crippen LogP contribution in [0.25, 0.3) is 0 Å². The number of hydrogen-bond acceptors (Lipinski definition) is 2. The fourth-order valence-corrected chi connectivity index (χ4v) is 2.44. The Morgan fingerprint density at radius 3 is 2.65 bits per heavy atom. The maximum absolute atomic E-state index is 12.0. The Bertz CT molecular complexity index is 416. The third-order valence-electron chi connectivity index (χ3n) is 3.25. The number of nitrogens with one attached hydrogen (secondary N) is 2. The Hall–Kier alpha value is -0.870. The first kappa shape index (κ1) is 12.6. The van der Waals surface area contributed by atoms with Crippen molar-refractivity contribution >= 4 is 21.8 Å². The largest absolute Gasteiger partial charge is 0.351 e. The molecule has 0 heterocycles. The molecule has 0 aromatic heterocycles. The first-order chi connectivity index (χ1) is 8.17. The maximum Gasteiger partial charge on any atom is 0.252 e. The average Bonchev–Trinajstić information content (AvgIpc) is 3.08. The van der Waals surface area contributed by atoms with E-state index < -0.39 is 0 Å². The van der Waals surface area contributed by atoms with E-state index in [2.05, 4.69) is 26.6 Å². The molecular weight excluding hydrogens is 280 g/mol. The lowest BCUT2D eigenvalue weighted by atomic mass is 10.1. The lowest BCUT2D eigenvalue weighted by molar-refractivity contribution is 0.0944. The summed E-state index contributed by atoms with van der Waals surface area (Å²) < 4.78 is 0.843. The molecule has 0 unspecified atom stereocenters. The molecule has 1 aromatic rings. The van der Waals surface area contributed by atoms with Crippen molar-refractivity contribution in [3.05, 3.63) is 34.3 Å². The zero-order chi connectivity index (χ0) is 12.3. The molecule has 17 heavy (non-hydrogen) atoms. The van der Waals surface area contributed by atoms with Crippen LogP contribution in [-0.4, -0.2) is 26.0 Å². The van der Waals surface area contributed by atoms with E-state index in [1.54, 1.807) is 0 Å². The molecule has 1 aromatic carbocycles. The summed E-state index contributed by atoms with van der Waals surface area (Å²) in [5.74, 6) is -0.000136. The predicted octanol–water partition coefficient (Wildman–Crippen LogP) is 2.18. The SMILES string of the molecule is CNCC1(CNC(=O)c2ccccc2Br)CC1. The molecule has 0 radical (unpaired) electrons. The molecule has 0 aliphatic heterocycles. The highest BCUT2D eigenvalue weighted by Crippen LogP contribution is 2.44. The van der Waals surface area contributed by atoms with E-state index in [4.69, 9.17) is 0 Å². The maximum atomic E-state index is 12.0. The lowest BCUT2D eigenvalue weighted by Gasteiger charge is -2.15. The molecule has 1 aliphatic carbocycles. The molecule has 0 bridgehead atoms. The number of rotatable bonds is 5. The van der Waals surface area contributed by atoms with E-state index in [1.165, 1.54) is 12.8 Å². The molecule has 2 N–H and O–H groups in total. The fourth-order valence-electron chi connectivity index (χ4n) is 1.98. The fraction of sp³-hybridized carbons (Fsp3) is 0.462. The van der Waals surface area contributed by atoms with Crippen molar-refractivity contribution in [1.29, 1.82) is 0 Å². The third-order valence-corrected chi connectivity index (χ3v) is 3.94. The Balaban J connectivity index is 1.92. The zero-order valence-corrected chi connectivity index (χ0v) is 11.5. The van der Waals surface area contributed by atoms with Gasteiger partial charge in [0, 0.05) is 23.0 Å². The van der Waals surface area contributed by atoms with Gasteiger partial charge in [0.1, 0.15) is 0 Å². The average molecular weight is 297 g/mol. The second-order valence-corrected chi connectivity index (χ2v) is 5.55. The number of carbonyl (C=O) groups is 1. The molecule has 1 amide bonds. The number of benzene rings is 1. The van der Waals surface area contributed by atoms with Gasteiger partial charge in [0.15, 0.2) is 0 Å². The quantitative estimate of drug-likeness (QED) is 0.874. The van der Waals surface area contributed by atoms with Gasteiger partial charge in [-0.15, -0.1) is 0 Å². The first-order valence-corrected chi connectivity index (χ1v) is 6.63. The van der Waals surface area contributed by atoms with Crippen LogP contribution in [0.2, 0.25) is 0 Å². The minimum Gasteiger partial charge on any atom is -0.351 e. The monoisotopic (exact) mass is 296 g/mol. The van der Waals surface area contributed by atoms with Crippen LogP contribution in [0.3, 0.4) is 0 Å². The summed E-state index contributed by atoms with van der Waals surface area (Å²) >= 11 is 3.39. The second kappa shape index (κ2) is 5.19. The van der Waals surface area contributed by atoms with Crippen LogP contribution >= 0.6 is 15.9 Å². The molecule has 4 heteroatoms. The normalized spacial score (nSPS) is 16.6. The lowest BCUT2D eigenvalue weighted by Crippen LogP contribution is -2.35. The summed E-state index contributed by atoms with van der Waals surface area (Å²) in [6, 6.07) is 7.50. The highest BCUT2D eigenvalue weighted by molar-refractivity contribution is 9.10. The second-order valence-electron chi connectivity index (χ2n) is 4.69. The molecule has 1 aliphatic rings. The van der Waals surface area contributed by atoms with Gasteiger partial charge in [-0.25, -0.2) is 0 Å². The van der Waals surface area contributed by atoms with Crippen molar-refractivity contribution in [3.8, 4) is 0 Å². The van der Waals surface area contributed by atoms with Crippen molar-refractivity contribution in [2.75, 3.05) is 20.1 Å². The molecule has 92 valence electrons. The highest BCUT2D eigenvalue weighted by atomic mass is 79.9. The van der Waals surface area contributed by atoms with Gasteiger partial charge >= 0.3 is 0 Å². The van der Waals surface area contributed by atoms with E-state index in [9.17, 15) is 4.79 Å². The van der Waals surface area contributed by atoms with E-state index in [1.807, 2.05) is 31.3 Å². The molecule has 1 fully saturated rings. The number of hydrogen-bond donors (Lipinski definition) is 2. The van der Waals surface area contributed by atoms with Gasteiger partial charge < -0.3 is 10.6 Å². The topological polar surface area (TPSA) is 41.1 Å². The third kappa shape index (κ3) is 3.07. The molecule has 0 atom stereocenters. The zero-order valence-electron chi connectivity index (χ0n) is 9.92. The molecular formula is C13H17BrN2O. The summed E-state index contributed by atoms with van der Waals surface area (Å²) in [6.07, 6.45) is 2.40. The molecule has 3 nitrogen and oxygen atoms in total. The number of carbonyl (C=O) groups excluding carboxylic acids is 1. The minimum atomic E-state index is -0.000136. The Kier molecular flexibility index (Phi) is 3.84. The van der Waals surface area contributed by atoms with E-state index in [0.717, 1.165) is 17.6 Å². The Labute approximate surface area is 110 Å². The standard InChI is InChI=1S/C13H17BrN2O/c1-15-8-13(6-7-13)9-16-12(17)10-4-2-3-5-11(10)14/h2-5,15H,6-9H2,1H3,(H,16,17). The van der Waals surface area contributed by atoms with Gasteiger partial charge in [-0.2, -0.15) is 0 Å². The van der Waals surface area contributed by atoms with Crippen LogP contribution in [-0.2, 0) is 0 Å². The van der Waals surface area contributed by atoms with Crippen LogP contribution in [0.4, 0.5) is 0 Å². The molecule has 1 saturated carbocycles. The Morgan fingerprint density at radius 1 is 1.35 bits per heavy atom. The van der Waals surface area contributed by atoms with E-state index in [-0.39, 0.29) is 5.91 Å². The summed E-state index contributed by atoms with van der Waals surface area (Å²) in [5.41, 5.74) is 0.999. The minimum absolute atomic E-state index is 0.000136. The van der Waals surface area contributed by atoms with Gasteiger partial charge in [0.25, 0.3) is 5.91 Å². The molecule has 2 rings (SSSR count). The van der Waals surface area contributed by atoms with Gasteiger partial charge in [0.05, 0.1) is 5.56 Å². The first-order valence-electron chi connectivity index (χ1n) is 5.84. The van der Waals surface area contributed by atoms with Gasteiger partial charge in [-0.1, -0.05) is 12.1 Å². The van der Waals surface area contributed by atoms with Crippen LogP contribution < -0.4 is 10.6 Å². The predicted molar refractivity (Wildman–Crippen MR) is 72.1 cm³/mol. The Morgan fingerprint density at radius 2 is 2.06 bits per heavy atom.